The molecule has 7 rings (SSSR count). The third-order valence-electron chi connectivity index (χ3n) is 8.95. The Labute approximate surface area is 251 Å². The average molecular weight is 575 g/mol. The lowest BCUT2D eigenvalue weighted by Crippen LogP contribution is -2.37. The Balaban J connectivity index is 1.71. The van der Waals surface area contributed by atoms with Gasteiger partial charge in [-0.25, -0.2) is 0 Å². The van der Waals surface area contributed by atoms with Gasteiger partial charge in [0.15, 0.2) is 0 Å². The zero-order valence-electron chi connectivity index (χ0n) is 25.5. The molecule has 206 valence electrons. The summed E-state index contributed by atoms with van der Waals surface area (Å²) < 4.78 is 0. The van der Waals surface area contributed by atoms with Crippen LogP contribution in [0.4, 0.5) is 0 Å². The molecule has 0 unspecified atom stereocenters. The minimum atomic E-state index is -1.56. The number of benzene rings is 7. The molecule has 0 spiro atoms. The minimum absolute atomic E-state index is 1.28. The van der Waals surface area contributed by atoms with Crippen LogP contribution in [-0.2, 0) is 0 Å². The fraction of sp³-hybridized carbons (Fsp3) is 0.150. The molecule has 0 saturated carbocycles. The zero-order chi connectivity index (χ0) is 29.2. The molecule has 0 heterocycles. The molecule has 0 saturated heterocycles. The summed E-state index contributed by atoms with van der Waals surface area (Å²) in [6.45, 7) is 14.7. The predicted octanol–water partition coefficient (Wildman–Crippen LogP) is 10.7. The summed E-state index contributed by atoms with van der Waals surface area (Å²) in [5.74, 6) is 0. The van der Waals surface area contributed by atoms with Crippen molar-refractivity contribution in [3.05, 3.63) is 121 Å². The van der Waals surface area contributed by atoms with Gasteiger partial charge in [-0.3, -0.25) is 0 Å². The molecule has 0 aliphatic carbocycles. The molecule has 0 radical (unpaired) electrons. The van der Waals surface area contributed by atoms with Gasteiger partial charge in [0.25, 0.3) is 0 Å². The van der Waals surface area contributed by atoms with Crippen LogP contribution < -0.4 is 10.4 Å². The smallest absolute Gasteiger partial charge is 0.0656 e. The van der Waals surface area contributed by atoms with Crippen molar-refractivity contribution in [2.45, 2.75) is 39.3 Å². The van der Waals surface area contributed by atoms with Gasteiger partial charge in [-0.15, -0.1) is 0 Å². The number of hydrogen-bond donors (Lipinski definition) is 0. The second-order valence-corrected chi connectivity index (χ2v) is 24.0. The Bertz CT molecular complexity index is 2150. The summed E-state index contributed by atoms with van der Waals surface area (Å²) in [6, 6.07) is 46.2. The SMILES string of the molecule is C[Si](C)(C)c1ccc2c(-c3cccc4ccccc34)c3cc([Si](C)(C)C)ccc3c(-c3ccc4ccccc4c3)c2c1. The first-order valence-corrected chi connectivity index (χ1v) is 22.1. The van der Waals surface area contributed by atoms with E-state index < -0.39 is 16.1 Å². The van der Waals surface area contributed by atoms with Gasteiger partial charge >= 0.3 is 0 Å². The Morgan fingerprint density at radius 2 is 0.905 bits per heavy atom. The maximum absolute atomic E-state index is 2.54. The lowest BCUT2D eigenvalue weighted by Gasteiger charge is -2.24. The topological polar surface area (TPSA) is 0 Å². The molecular formula is C40H38Si2. The van der Waals surface area contributed by atoms with E-state index in [0.717, 1.165) is 0 Å². The van der Waals surface area contributed by atoms with E-state index in [9.17, 15) is 0 Å². The van der Waals surface area contributed by atoms with Gasteiger partial charge in [-0.2, -0.15) is 0 Å². The molecule has 0 atom stereocenters. The van der Waals surface area contributed by atoms with E-state index in [2.05, 4.69) is 161 Å². The van der Waals surface area contributed by atoms with E-state index in [1.54, 1.807) is 0 Å². The standard InChI is InChI=1S/C40H38Si2/c1-41(2,3)31-21-23-36-37(25-31)39(30-19-18-27-12-7-8-14-29(27)24-30)35-22-20-32(42(4,5)6)26-38(35)40(36)34-17-11-15-28-13-9-10-16-33(28)34/h7-26H,1-6H3. The Morgan fingerprint density at radius 1 is 0.357 bits per heavy atom. The van der Waals surface area contributed by atoms with Gasteiger partial charge in [0.1, 0.15) is 0 Å². The Kier molecular flexibility index (Phi) is 6.27. The summed E-state index contributed by atoms with van der Waals surface area (Å²) in [7, 11) is -3.11. The van der Waals surface area contributed by atoms with Gasteiger partial charge in [-0.05, 0) is 71.4 Å². The monoisotopic (exact) mass is 574 g/mol. The van der Waals surface area contributed by atoms with Gasteiger partial charge in [0, 0.05) is 0 Å². The van der Waals surface area contributed by atoms with Crippen LogP contribution >= 0.6 is 0 Å². The highest BCUT2D eigenvalue weighted by Gasteiger charge is 2.24. The largest absolute Gasteiger partial charge is 0.0776 e. The number of hydrogen-bond acceptors (Lipinski definition) is 0. The Morgan fingerprint density at radius 3 is 1.57 bits per heavy atom. The van der Waals surface area contributed by atoms with E-state index in [4.69, 9.17) is 0 Å². The molecule has 7 aromatic rings. The van der Waals surface area contributed by atoms with Crippen LogP contribution in [0.15, 0.2) is 121 Å². The normalized spacial score (nSPS) is 12.5. The molecule has 7 aromatic carbocycles. The minimum Gasteiger partial charge on any atom is -0.0656 e. The highest BCUT2D eigenvalue weighted by atomic mass is 28.3. The predicted molar refractivity (Wildman–Crippen MR) is 193 cm³/mol. The second-order valence-electron chi connectivity index (χ2n) is 13.9. The fourth-order valence-electron chi connectivity index (χ4n) is 6.55. The van der Waals surface area contributed by atoms with Crippen LogP contribution in [-0.4, -0.2) is 16.1 Å². The maximum Gasteiger partial charge on any atom is 0.0776 e. The van der Waals surface area contributed by atoms with Gasteiger partial charge in [-0.1, -0.05) is 165 Å². The van der Waals surface area contributed by atoms with Crippen molar-refractivity contribution in [3.63, 3.8) is 0 Å². The molecule has 0 amide bonds. The van der Waals surface area contributed by atoms with Crippen LogP contribution in [0.3, 0.4) is 0 Å². The molecule has 0 bridgehead atoms. The van der Waals surface area contributed by atoms with Gasteiger partial charge in [0.05, 0.1) is 16.1 Å². The second kappa shape index (κ2) is 9.79. The van der Waals surface area contributed by atoms with E-state index >= 15 is 0 Å². The Hall–Kier alpha value is -3.99. The summed E-state index contributed by atoms with van der Waals surface area (Å²) >= 11 is 0. The lowest BCUT2D eigenvalue weighted by atomic mass is 9.84. The van der Waals surface area contributed by atoms with E-state index in [1.807, 2.05) is 0 Å². The van der Waals surface area contributed by atoms with Crippen molar-refractivity contribution >= 4 is 69.6 Å². The lowest BCUT2D eigenvalue weighted by molar-refractivity contribution is 1.67. The van der Waals surface area contributed by atoms with Crippen LogP contribution in [0, 0.1) is 0 Å². The first-order chi connectivity index (χ1) is 20.1. The van der Waals surface area contributed by atoms with Crippen LogP contribution in [0.5, 0.6) is 0 Å². The molecule has 0 fully saturated rings. The van der Waals surface area contributed by atoms with Crippen molar-refractivity contribution in [3.8, 4) is 22.3 Å². The summed E-state index contributed by atoms with van der Waals surface area (Å²) in [5, 5.41) is 13.6. The average Bonchev–Trinajstić information content (AvgIpc) is 2.98. The zero-order valence-corrected chi connectivity index (χ0v) is 27.5. The molecular weight excluding hydrogens is 537 g/mol. The molecule has 0 aromatic heterocycles. The highest BCUT2D eigenvalue weighted by molar-refractivity contribution is 6.89. The van der Waals surface area contributed by atoms with E-state index in [1.165, 1.54) is 75.7 Å². The fourth-order valence-corrected chi connectivity index (χ4v) is 8.87. The van der Waals surface area contributed by atoms with E-state index in [-0.39, 0.29) is 0 Å². The highest BCUT2D eigenvalue weighted by Crippen LogP contribution is 2.45. The number of fused-ring (bicyclic) bond motifs is 4. The van der Waals surface area contributed by atoms with E-state index in [0.29, 0.717) is 0 Å². The summed E-state index contributed by atoms with van der Waals surface area (Å²) in [6.07, 6.45) is 0. The van der Waals surface area contributed by atoms with Crippen molar-refractivity contribution in [1.29, 1.82) is 0 Å². The number of rotatable bonds is 4. The molecule has 0 aliphatic heterocycles. The van der Waals surface area contributed by atoms with Crippen molar-refractivity contribution in [1.82, 2.24) is 0 Å². The van der Waals surface area contributed by atoms with Crippen LogP contribution in [0.25, 0.3) is 65.3 Å². The maximum atomic E-state index is 2.54. The molecule has 0 aliphatic rings. The van der Waals surface area contributed by atoms with Crippen molar-refractivity contribution < 1.29 is 0 Å². The quantitative estimate of drug-likeness (QED) is 0.145. The third kappa shape index (κ3) is 4.50. The van der Waals surface area contributed by atoms with Crippen molar-refractivity contribution in [2.24, 2.45) is 0 Å². The first kappa shape index (κ1) is 26.9. The molecule has 0 nitrogen and oxygen atoms in total. The van der Waals surface area contributed by atoms with Crippen molar-refractivity contribution in [2.75, 3.05) is 0 Å². The molecule has 42 heavy (non-hydrogen) atoms. The van der Waals surface area contributed by atoms with Crippen LogP contribution in [0.1, 0.15) is 0 Å². The summed E-state index contributed by atoms with van der Waals surface area (Å²) in [5.41, 5.74) is 5.34. The first-order valence-electron chi connectivity index (χ1n) is 15.1. The molecule has 0 N–H and O–H groups in total. The van der Waals surface area contributed by atoms with Gasteiger partial charge < -0.3 is 0 Å². The van der Waals surface area contributed by atoms with Crippen LogP contribution in [0.2, 0.25) is 39.3 Å². The molecule has 2 heteroatoms. The summed E-state index contributed by atoms with van der Waals surface area (Å²) in [4.78, 5) is 0. The van der Waals surface area contributed by atoms with Gasteiger partial charge in [0.2, 0.25) is 0 Å². The third-order valence-corrected chi connectivity index (χ3v) is 13.0.